The Labute approximate surface area is 115 Å². The van der Waals surface area contributed by atoms with E-state index in [9.17, 15) is 4.79 Å². The van der Waals surface area contributed by atoms with E-state index < -0.39 is 0 Å². The van der Waals surface area contributed by atoms with E-state index in [0.717, 1.165) is 25.0 Å². The molecule has 19 heavy (non-hydrogen) atoms. The number of carbonyl (C=O) groups excluding carboxylic acids is 1. The molecule has 0 spiro atoms. The Kier molecular flexibility index (Phi) is 6.72. The SMILES string of the molecule is CC(=O)N(C)/C(C)=C\C=C\OCCC1=CCCC=C1. The highest BCUT2D eigenvalue weighted by Crippen LogP contribution is 2.12. The minimum Gasteiger partial charge on any atom is -0.501 e. The van der Waals surface area contributed by atoms with Crippen molar-refractivity contribution in [3.05, 3.63) is 47.9 Å². The number of carbonyl (C=O) groups is 1. The van der Waals surface area contributed by atoms with Gasteiger partial charge in [-0.2, -0.15) is 0 Å². The second-order valence-corrected chi connectivity index (χ2v) is 4.59. The maximum atomic E-state index is 11.1. The molecule has 104 valence electrons. The Morgan fingerprint density at radius 3 is 2.84 bits per heavy atom. The van der Waals surface area contributed by atoms with E-state index in [2.05, 4.69) is 18.2 Å². The van der Waals surface area contributed by atoms with Gasteiger partial charge in [-0.15, -0.1) is 0 Å². The lowest BCUT2D eigenvalue weighted by atomic mass is 10.1. The van der Waals surface area contributed by atoms with Crippen LogP contribution in [0.3, 0.4) is 0 Å². The summed E-state index contributed by atoms with van der Waals surface area (Å²) in [5.74, 6) is 0.0269. The summed E-state index contributed by atoms with van der Waals surface area (Å²) >= 11 is 0. The van der Waals surface area contributed by atoms with Gasteiger partial charge in [-0.25, -0.2) is 0 Å². The Bertz CT molecular complexity index is 416. The molecule has 0 aromatic rings. The molecule has 3 heteroatoms. The topological polar surface area (TPSA) is 29.5 Å². The first-order chi connectivity index (χ1) is 9.11. The van der Waals surface area contributed by atoms with Crippen molar-refractivity contribution in [3.63, 3.8) is 0 Å². The molecule has 3 nitrogen and oxygen atoms in total. The highest BCUT2D eigenvalue weighted by atomic mass is 16.5. The first-order valence-electron chi connectivity index (χ1n) is 6.66. The van der Waals surface area contributed by atoms with Crippen molar-refractivity contribution in [2.75, 3.05) is 13.7 Å². The third-order valence-electron chi connectivity index (χ3n) is 3.09. The first-order valence-corrected chi connectivity index (χ1v) is 6.66. The summed E-state index contributed by atoms with van der Waals surface area (Å²) in [6.45, 7) is 4.12. The highest BCUT2D eigenvalue weighted by molar-refractivity contribution is 5.74. The fourth-order valence-electron chi connectivity index (χ4n) is 1.69. The molecule has 0 fully saturated rings. The number of hydrogen-bond donors (Lipinski definition) is 0. The third-order valence-corrected chi connectivity index (χ3v) is 3.09. The van der Waals surface area contributed by atoms with E-state index in [1.807, 2.05) is 19.1 Å². The molecule has 1 aliphatic carbocycles. The number of allylic oxidation sites excluding steroid dienone is 6. The number of nitrogens with zero attached hydrogens (tertiary/aromatic N) is 1. The van der Waals surface area contributed by atoms with E-state index in [1.54, 1.807) is 25.1 Å². The first kappa shape index (κ1) is 15.3. The van der Waals surface area contributed by atoms with Crippen molar-refractivity contribution in [2.24, 2.45) is 0 Å². The van der Waals surface area contributed by atoms with Crippen LogP contribution < -0.4 is 0 Å². The molecule has 0 N–H and O–H groups in total. The van der Waals surface area contributed by atoms with Crippen LogP contribution in [0.4, 0.5) is 0 Å². The quantitative estimate of drug-likeness (QED) is 0.415. The minimum atomic E-state index is 0.0269. The van der Waals surface area contributed by atoms with Crippen LogP contribution in [-0.4, -0.2) is 24.5 Å². The van der Waals surface area contributed by atoms with Gasteiger partial charge in [0.05, 0.1) is 12.9 Å². The summed E-state index contributed by atoms with van der Waals surface area (Å²) in [7, 11) is 1.75. The van der Waals surface area contributed by atoms with E-state index in [4.69, 9.17) is 4.74 Å². The molecule has 1 amide bonds. The van der Waals surface area contributed by atoms with Crippen molar-refractivity contribution in [2.45, 2.75) is 33.1 Å². The van der Waals surface area contributed by atoms with Gasteiger partial charge in [0.2, 0.25) is 5.91 Å². The van der Waals surface area contributed by atoms with E-state index in [-0.39, 0.29) is 5.91 Å². The molecular formula is C16H23NO2. The molecule has 1 rings (SSSR count). The predicted molar refractivity (Wildman–Crippen MR) is 78.4 cm³/mol. The lowest BCUT2D eigenvalue weighted by molar-refractivity contribution is -0.125. The zero-order valence-corrected chi connectivity index (χ0v) is 12.1. The third kappa shape index (κ3) is 6.09. The number of ether oxygens (including phenoxy) is 1. The van der Waals surface area contributed by atoms with Gasteiger partial charge in [-0.1, -0.05) is 18.2 Å². The van der Waals surface area contributed by atoms with Gasteiger partial charge in [-0.05, 0) is 37.5 Å². The Morgan fingerprint density at radius 1 is 1.42 bits per heavy atom. The molecule has 1 aliphatic rings. The molecule has 0 atom stereocenters. The lowest BCUT2D eigenvalue weighted by Gasteiger charge is -2.14. The smallest absolute Gasteiger partial charge is 0.223 e. The molecule has 0 aromatic carbocycles. The van der Waals surface area contributed by atoms with Crippen LogP contribution in [0.2, 0.25) is 0 Å². The summed E-state index contributed by atoms with van der Waals surface area (Å²) in [5.41, 5.74) is 2.24. The number of rotatable bonds is 6. The van der Waals surface area contributed by atoms with Gasteiger partial charge in [0, 0.05) is 26.1 Å². The van der Waals surface area contributed by atoms with Crippen molar-refractivity contribution >= 4 is 5.91 Å². The van der Waals surface area contributed by atoms with Gasteiger partial charge < -0.3 is 9.64 Å². The maximum absolute atomic E-state index is 11.1. The van der Waals surface area contributed by atoms with Crippen LogP contribution in [0.1, 0.15) is 33.1 Å². The van der Waals surface area contributed by atoms with Crippen LogP contribution in [0.5, 0.6) is 0 Å². The molecule has 0 saturated heterocycles. The van der Waals surface area contributed by atoms with Crippen molar-refractivity contribution in [3.8, 4) is 0 Å². The second kappa shape index (κ2) is 8.35. The monoisotopic (exact) mass is 261 g/mol. The largest absolute Gasteiger partial charge is 0.501 e. The summed E-state index contributed by atoms with van der Waals surface area (Å²) in [6, 6.07) is 0. The summed E-state index contributed by atoms with van der Waals surface area (Å²) in [4.78, 5) is 12.7. The molecule has 0 saturated carbocycles. The summed E-state index contributed by atoms with van der Waals surface area (Å²) in [6.07, 6.45) is 15.2. The fraction of sp³-hybridized carbons (Fsp3) is 0.438. The van der Waals surface area contributed by atoms with E-state index >= 15 is 0 Å². The maximum Gasteiger partial charge on any atom is 0.223 e. The standard InChI is InChI=1S/C16H23NO2/c1-14(17(3)15(2)18)8-7-12-19-13-11-16-9-5-4-6-10-16/h5,7-10,12H,4,6,11,13H2,1-3H3/b12-7+,14-8-. The van der Waals surface area contributed by atoms with Gasteiger partial charge >= 0.3 is 0 Å². The molecule has 0 radical (unpaired) electrons. The predicted octanol–water partition coefficient (Wildman–Crippen LogP) is 3.57. The lowest BCUT2D eigenvalue weighted by Crippen LogP contribution is -2.21. The highest BCUT2D eigenvalue weighted by Gasteiger charge is 2.01. The van der Waals surface area contributed by atoms with Gasteiger partial charge in [0.25, 0.3) is 0 Å². The van der Waals surface area contributed by atoms with Crippen molar-refractivity contribution < 1.29 is 9.53 Å². The summed E-state index contributed by atoms with van der Waals surface area (Å²) in [5, 5.41) is 0. The zero-order valence-electron chi connectivity index (χ0n) is 12.1. The van der Waals surface area contributed by atoms with E-state index in [0.29, 0.717) is 6.61 Å². The van der Waals surface area contributed by atoms with Gasteiger partial charge in [0.1, 0.15) is 0 Å². The normalized spacial score (nSPS) is 15.5. The second-order valence-electron chi connectivity index (χ2n) is 4.59. The molecule has 0 aliphatic heterocycles. The Balaban J connectivity index is 2.23. The molecule has 0 aromatic heterocycles. The summed E-state index contributed by atoms with van der Waals surface area (Å²) < 4.78 is 5.42. The van der Waals surface area contributed by atoms with Gasteiger partial charge in [-0.3, -0.25) is 4.79 Å². The van der Waals surface area contributed by atoms with Crippen LogP contribution in [0, 0.1) is 0 Å². The van der Waals surface area contributed by atoms with E-state index in [1.165, 1.54) is 5.57 Å². The average molecular weight is 261 g/mol. The van der Waals surface area contributed by atoms with Crippen molar-refractivity contribution in [1.82, 2.24) is 4.90 Å². The Hall–Kier alpha value is -1.77. The Morgan fingerprint density at radius 2 is 2.21 bits per heavy atom. The fourth-order valence-corrected chi connectivity index (χ4v) is 1.69. The van der Waals surface area contributed by atoms with Crippen LogP contribution in [0.25, 0.3) is 0 Å². The molecule has 0 heterocycles. The number of amides is 1. The van der Waals surface area contributed by atoms with Crippen LogP contribution >= 0.6 is 0 Å². The minimum absolute atomic E-state index is 0.0269. The zero-order chi connectivity index (χ0) is 14.1. The molecular weight excluding hydrogens is 238 g/mol. The average Bonchev–Trinajstić information content (AvgIpc) is 2.42. The van der Waals surface area contributed by atoms with Gasteiger partial charge in [0.15, 0.2) is 0 Å². The molecule has 0 bridgehead atoms. The molecule has 0 unspecified atom stereocenters. The number of hydrogen-bond acceptors (Lipinski definition) is 2. The van der Waals surface area contributed by atoms with Crippen molar-refractivity contribution in [1.29, 1.82) is 0 Å². The van der Waals surface area contributed by atoms with Crippen LogP contribution in [-0.2, 0) is 9.53 Å². The van der Waals surface area contributed by atoms with Crippen LogP contribution in [0.15, 0.2) is 47.9 Å².